The van der Waals surface area contributed by atoms with Crippen LogP contribution in [-0.4, -0.2) is 4.57 Å². The molecule has 0 N–H and O–H groups in total. The van der Waals surface area contributed by atoms with E-state index in [1.165, 1.54) is 5.56 Å². The molecule has 0 aliphatic carbocycles. The molecule has 0 amide bonds. The van der Waals surface area contributed by atoms with Gasteiger partial charge in [0, 0.05) is 25.7 Å². The average Bonchev–Trinajstić information content (AvgIpc) is 3.21. The van der Waals surface area contributed by atoms with Crippen molar-refractivity contribution >= 4 is 46.4 Å². The fourth-order valence-corrected chi connectivity index (χ4v) is 4.20. The highest BCUT2D eigenvalue weighted by molar-refractivity contribution is 6.35. The molecule has 0 aliphatic heterocycles. The zero-order chi connectivity index (χ0) is 22.5. The van der Waals surface area contributed by atoms with E-state index in [4.69, 9.17) is 51.1 Å². The van der Waals surface area contributed by atoms with Crippen molar-refractivity contribution in [3.63, 3.8) is 0 Å². The molecule has 1 atom stereocenters. The lowest BCUT2D eigenvalue weighted by molar-refractivity contribution is -0.687. The van der Waals surface area contributed by atoms with E-state index < -0.39 is 0 Å². The predicted molar refractivity (Wildman–Crippen MR) is 131 cm³/mol. The topological polar surface area (TPSA) is 18.0 Å². The van der Waals surface area contributed by atoms with E-state index in [9.17, 15) is 0 Å². The molecule has 1 heterocycles. The largest absolute Gasteiger partial charge is 0.365 e. The molecule has 164 valence electrons. The molecule has 1 aromatic heterocycles. The van der Waals surface area contributed by atoms with Crippen LogP contribution in [0.2, 0.25) is 20.1 Å². The Morgan fingerprint density at radius 1 is 0.781 bits per heavy atom. The summed E-state index contributed by atoms with van der Waals surface area (Å²) in [5.74, 6) is 0. The third kappa shape index (κ3) is 6.28. The van der Waals surface area contributed by atoms with Gasteiger partial charge in [-0.3, -0.25) is 0 Å². The lowest BCUT2D eigenvalue weighted by Crippen LogP contribution is -2.31. The maximum atomic E-state index is 6.51. The molecular weight excluding hydrogens is 486 g/mol. The molecule has 0 bridgehead atoms. The smallest absolute Gasteiger partial charge is 0.244 e. The molecule has 0 spiro atoms. The van der Waals surface area contributed by atoms with Gasteiger partial charge >= 0.3 is 0 Å². The minimum atomic E-state index is -0.258. The minimum absolute atomic E-state index is 0.258. The quantitative estimate of drug-likeness (QED) is 0.228. The van der Waals surface area contributed by atoms with E-state index in [-0.39, 0.29) is 6.10 Å². The van der Waals surface area contributed by atoms with Crippen molar-refractivity contribution in [2.24, 2.45) is 0 Å². The monoisotopic (exact) mass is 505 g/mol. The van der Waals surface area contributed by atoms with Crippen molar-refractivity contribution in [2.45, 2.75) is 25.8 Å². The van der Waals surface area contributed by atoms with Crippen molar-refractivity contribution < 1.29 is 9.30 Å². The number of halogens is 4. The standard InChI is InChI=1S/C25H21Cl4N2O/c26-20-5-1-18(2-6-20)14-30-11-12-31(17-30)15-25(23-10-9-22(28)13-24(23)29)32-16-19-3-7-21(27)8-4-19/h1-13,17,25H,14-16H2/q+1. The molecule has 0 aliphatic rings. The summed E-state index contributed by atoms with van der Waals surface area (Å²) in [6.07, 6.45) is 5.86. The Kier molecular flexibility index (Phi) is 7.77. The lowest BCUT2D eigenvalue weighted by atomic mass is 10.1. The first-order chi connectivity index (χ1) is 15.5. The zero-order valence-electron chi connectivity index (χ0n) is 17.1. The van der Waals surface area contributed by atoms with Crippen LogP contribution in [0.5, 0.6) is 0 Å². The second-order valence-electron chi connectivity index (χ2n) is 7.50. The highest BCUT2D eigenvalue weighted by Crippen LogP contribution is 2.30. The Labute approximate surface area is 207 Å². The Balaban J connectivity index is 1.51. The summed E-state index contributed by atoms with van der Waals surface area (Å²) in [6.45, 7) is 1.79. The van der Waals surface area contributed by atoms with Crippen LogP contribution in [0.15, 0.2) is 85.5 Å². The molecule has 3 nitrogen and oxygen atoms in total. The van der Waals surface area contributed by atoms with Gasteiger partial charge in [0.25, 0.3) is 0 Å². The second-order valence-corrected chi connectivity index (χ2v) is 9.22. The maximum absolute atomic E-state index is 6.51. The van der Waals surface area contributed by atoms with E-state index in [1.807, 2.05) is 73.1 Å². The minimum Gasteiger partial charge on any atom is -0.365 e. The van der Waals surface area contributed by atoms with E-state index in [0.717, 1.165) is 22.7 Å². The third-order valence-corrected chi connectivity index (χ3v) is 6.14. The van der Waals surface area contributed by atoms with Gasteiger partial charge in [0.2, 0.25) is 6.33 Å². The van der Waals surface area contributed by atoms with E-state index in [2.05, 4.69) is 15.5 Å². The zero-order valence-corrected chi connectivity index (χ0v) is 20.1. The number of imidazole rings is 1. The molecule has 3 aromatic carbocycles. The molecule has 32 heavy (non-hydrogen) atoms. The number of benzene rings is 3. The number of ether oxygens (including phenoxy) is 1. The fraction of sp³-hybridized carbons (Fsp3) is 0.160. The van der Waals surface area contributed by atoms with E-state index in [0.29, 0.717) is 28.2 Å². The van der Waals surface area contributed by atoms with Crippen molar-refractivity contribution in [1.82, 2.24) is 4.57 Å². The van der Waals surface area contributed by atoms with Crippen LogP contribution in [0, 0.1) is 0 Å². The summed E-state index contributed by atoms with van der Waals surface area (Å²) in [5, 5.41) is 2.61. The lowest BCUT2D eigenvalue weighted by Gasteiger charge is -2.18. The highest BCUT2D eigenvalue weighted by Gasteiger charge is 2.20. The van der Waals surface area contributed by atoms with Crippen molar-refractivity contribution in [3.8, 4) is 0 Å². The molecule has 7 heteroatoms. The predicted octanol–water partition coefficient (Wildman–Crippen LogP) is 7.40. The van der Waals surface area contributed by atoms with Gasteiger partial charge in [-0.25, -0.2) is 9.13 Å². The molecule has 0 radical (unpaired) electrons. The van der Waals surface area contributed by atoms with Gasteiger partial charge in [-0.15, -0.1) is 0 Å². The maximum Gasteiger partial charge on any atom is 0.244 e. The summed E-state index contributed by atoms with van der Waals surface area (Å²) in [7, 11) is 0. The number of hydrogen-bond acceptors (Lipinski definition) is 1. The first-order valence-corrected chi connectivity index (χ1v) is 11.6. The summed E-state index contributed by atoms with van der Waals surface area (Å²) >= 11 is 24.6. The SMILES string of the molecule is Clc1ccc(COC(Cn2cc[n+](Cc3ccc(Cl)cc3)c2)c2ccc(Cl)cc2Cl)cc1. The van der Waals surface area contributed by atoms with Crippen LogP contribution < -0.4 is 4.57 Å². The first-order valence-electron chi connectivity index (χ1n) is 10.1. The molecule has 1 unspecified atom stereocenters. The summed E-state index contributed by atoms with van der Waals surface area (Å²) in [4.78, 5) is 0. The van der Waals surface area contributed by atoms with E-state index in [1.54, 1.807) is 6.07 Å². The molecular formula is C25H21Cl4N2O+. The van der Waals surface area contributed by atoms with Gasteiger partial charge in [-0.2, -0.15) is 0 Å². The van der Waals surface area contributed by atoms with Crippen molar-refractivity contribution in [2.75, 3.05) is 0 Å². The Hall–Kier alpha value is -2.01. The number of hydrogen-bond donors (Lipinski definition) is 0. The Bertz CT molecular complexity index is 1170. The van der Waals surface area contributed by atoms with Gasteiger partial charge in [-0.05, 0) is 47.5 Å². The number of nitrogens with zero attached hydrogens (tertiary/aromatic N) is 2. The van der Waals surface area contributed by atoms with E-state index >= 15 is 0 Å². The normalized spacial score (nSPS) is 12.1. The Morgan fingerprint density at radius 2 is 1.41 bits per heavy atom. The van der Waals surface area contributed by atoms with Gasteiger partial charge < -0.3 is 4.74 Å². The van der Waals surface area contributed by atoms with Gasteiger partial charge in [0.1, 0.15) is 31.6 Å². The van der Waals surface area contributed by atoms with Gasteiger partial charge in [0.15, 0.2) is 0 Å². The molecule has 0 saturated heterocycles. The third-order valence-electron chi connectivity index (χ3n) is 5.08. The van der Waals surface area contributed by atoms with Crippen LogP contribution in [0.4, 0.5) is 0 Å². The van der Waals surface area contributed by atoms with Crippen LogP contribution in [0.1, 0.15) is 22.8 Å². The van der Waals surface area contributed by atoms with Crippen LogP contribution in [0.3, 0.4) is 0 Å². The van der Waals surface area contributed by atoms with Crippen LogP contribution in [-0.2, 0) is 24.4 Å². The summed E-state index contributed by atoms with van der Waals surface area (Å²) < 4.78 is 10.5. The average molecular weight is 507 g/mol. The van der Waals surface area contributed by atoms with Crippen LogP contribution >= 0.6 is 46.4 Å². The van der Waals surface area contributed by atoms with Crippen molar-refractivity contribution in [1.29, 1.82) is 0 Å². The summed E-state index contributed by atoms with van der Waals surface area (Å²) in [5.41, 5.74) is 3.10. The molecule has 4 rings (SSSR count). The fourth-order valence-electron chi connectivity index (χ4n) is 3.41. The molecule has 0 saturated carbocycles. The number of rotatable bonds is 8. The van der Waals surface area contributed by atoms with Crippen LogP contribution in [0.25, 0.3) is 0 Å². The highest BCUT2D eigenvalue weighted by atomic mass is 35.5. The molecule has 0 fully saturated rings. The second kappa shape index (κ2) is 10.7. The van der Waals surface area contributed by atoms with Gasteiger partial charge in [-0.1, -0.05) is 76.7 Å². The number of aromatic nitrogens is 2. The summed E-state index contributed by atoms with van der Waals surface area (Å²) in [6, 6.07) is 21.0. The first kappa shape index (κ1) is 23.2. The molecule has 4 aromatic rings. The van der Waals surface area contributed by atoms with Gasteiger partial charge in [0.05, 0.1) is 6.61 Å². The van der Waals surface area contributed by atoms with Crippen molar-refractivity contribution in [3.05, 3.63) is 122 Å². The Morgan fingerprint density at radius 3 is 2.06 bits per heavy atom.